The molecule has 1 amide bonds. The Balaban J connectivity index is 2.18. The molecule has 0 saturated carbocycles. The molecule has 1 aliphatic rings. The molecule has 22 heavy (non-hydrogen) atoms. The van der Waals surface area contributed by atoms with Crippen molar-refractivity contribution in [1.29, 1.82) is 0 Å². The van der Waals surface area contributed by atoms with Gasteiger partial charge in [0.25, 0.3) is 5.91 Å². The van der Waals surface area contributed by atoms with E-state index in [0.29, 0.717) is 5.69 Å². The molecule has 0 atom stereocenters. The Morgan fingerprint density at radius 3 is 2.36 bits per heavy atom. The van der Waals surface area contributed by atoms with Crippen molar-refractivity contribution in [2.24, 2.45) is 4.40 Å². The summed E-state index contributed by atoms with van der Waals surface area (Å²) >= 11 is 0. The summed E-state index contributed by atoms with van der Waals surface area (Å²) in [6, 6.07) is 7.32. The Labute approximate surface area is 130 Å². The number of hydrogen-bond donors (Lipinski definition) is 1. The van der Waals surface area contributed by atoms with E-state index in [4.69, 9.17) is 0 Å². The van der Waals surface area contributed by atoms with Crippen LogP contribution >= 0.6 is 0 Å². The van der Waals surface area contributed by atoms with E-state index in [0.717, 1.165) is 9.99 Å². The van der Waals surface area contributed by atoms with E-state index in [1.54, 1.807) is 12.1 Å². The third-order valence-corrected chi connectivity index (χ3v) is 4.54. The van der Waals surface area contributed by atoms with Crippen molar-refractivity contribution in [3.8, 4) is 0 Å². The van der Waals surface area contributed by atoms with Crippen molar-refractivity contribution in [1.82, 2.24) is 4.31 Å². The second-order valence-corrected chi connectivity index (χ2v) is 6.76. The largest absolute Gasteiger partial charge is 0.378 e. The number of nitrogens with zero attached hydrogens (tertiary/aromatic N) is 3. The lowest BCUT2D eigenvalue weighted by molar-refractivity contribution is -0.112. The van der Waals surface area contributed by atoms with E-state index in [-0.39, 0.29) is 11.3 Å². The highest BCUT2D eigenvalue weighted by Gasteiger charge is 2.25. The van der Waals surface area contributed by atoms with Crippen molar-refractivity contribution in [3.63, 3.8) is 0 Å². The lowest BCUT2D eigenvalue weighted by Crippen LogP contribution is -2.30. The number of carbonyl (C=O) groups excluding carboxylic acids is 1. The molecule has 1 N–H and O–H groups in total. The summed E-state index contributed by atoms with van der Waals surface area (Å²) in [4.78, 5) is 14.2. The smallest absolute Gasteiger partial charge is 0.344 e. The number of rotatable bonds is 3. The van der Waals surface area contributed by atoms with Gasteiger partial charge in [0, 0.05) is 38.7 Å². The molecule has 0 bridgehead atoms. The predicted octanol–water partition coefficient (Wildman–Crippen LogP) is 1.23. The van der Waals surface area contributed by atoms with Crippen LogP contribution in [0.2, 0.25) is 0 Å². The lowest BCUT2D eigenvalue weighted by Gasteiger charge is -2.19. The van der Waals surface area contributed by atoms with Gasteiger partial charge in [0.1, 0.15) is 0 Å². The molecule has 0 aromatic heterocycles. The van der Waals surface area contributed by atoms with Crippen molar-refractivity contribution in [2.75, 3.05) is 31.4 Å². The number of benzene rings is 1. The third-order valence-electron chi connectivity index (χ3n) is 3.20. The number of amides is 1. The van der Waals surface area contributed by atoms with Gasteiger partial charge in [-0.15, -0.1) is 4.40 Å². The predicted molar refractivity (Wildman–Crippen MR) is 87.3 cm³/mol. The van der Waals surface area contributed by atoms with E-state index < -0.39 is 16.1 Å². The van der Waals surface area contributed by atoms with Crippen molar-refractivity contribution >= 4 is 33.2 Å². The van der Waals surface area contributed by atoms with Gasteiger partial charge in [-0.05, 0) is 31.2 Å². The van der Waals surface area contributed by atoms with E-state index in [1.807, 2.05) is 31.1 Å². The third kappa shape index (κ3) is 3.28. The highest BCUT2D eigenvalue weighted by atomic mass is 32.2. The summed E-state index contributed by atoms with van der Waals surface area (Å²) in [5, 5.41) is 2.73. The average molecular weight is 322 g/mol. The summed E-state index contributed by atoms with van der Waals surface area (Å²) < 4.78 is 27.6. The minimum Gasteiger partial charge on any atom is -0.378 e. The normalized spacial score (nSPS) is 16.6. The minimum atomic E-state index is -3.71. The average Bonchev–Trinajstić information content (AvgIpc) is 2.42. The Hall–Kier alpha value is -2.35. The minimum absolute atomic E-state index is 0.167. The highest BCUT2D eigenvalue weighted by Crippen LogP contribution is 2.19. The first-order valence-corrected chi connectivity index (χ1v) is 7.96. The van der Waals surface area contributed by atoms with Crippen molar-refractivity contribution < 1.29 is 13.2 Å². The van der Waals surface area contributed by atoms with Crippen LogP contribution in [-0.2, 0) is 15.0 Å². The fourth-order valence-electron chi connectivity index (χ4n) is 1.89. The van der Waals surface area contributed by atoms with E-state index in [1.165, 1.54) is 20.2 Å². The van der Waals surface area contributed by atoms with Gasteiger partial charge < -0.3 is 10.2 Å². The van der Waals surface area contributed by atoms with Gasteiger partial charge >= 0.3 is 10.2 Å². The number of anilines is 2. The quantitative estimate of drug-likeness (QED) is 0.907. The fraction of sp³-hybridized carbons (Fsp3) is 0.286. The Morgan fingerprint density at radius 1 is 1.23 bits per heavy atom. The zero-order valence-electron chi connectivity index (χ0n) is 12.9. The zero-order valence-corrected chi connectivity index (χ0v) is 13.7. The van der Waals surface area contributed by atoms with Crippen LogP contribution in [0.4, 0.5) is 11.4 Å². The Bertz CT molecular complexity index is 749. The second kappa shape index (κ2) is 5.80. The molecule has 0 spiro atoms. The first-order chi connectivity index (χ1) is 10.2. The summed E-state index contributed by atoms with van der Waals surface area (Å²) in [6.45, 7) is 1.49. The van der Waals surface area contributed by atoms with Gasteiger partial charge in [-0.25, -0.2) is 0 Å². The molecule has 0 fully saturated rings. The molecule has 0 radical (unpaired) electrons. The van der Waals surface area contributed by atoms with Gasteiger partial charge in [0.15, 0.2) is 0 Å². The molecule has 1 aromatic rings. The molecule has 1 aromatic carbocycles. The lowest BCUT2D eigenvalue weighted by atomic mass is 10.1. The SMILES string of the molecule is CC1=NS(=O)(=O)N(C)C=C1C(=O)Nc1ccc(N(C)C)cc1. The monoisotopic (exact) mass is 322 g/mol. The Kier molecular flexibility index (Phi) is 4.23. The van der Waals surface area contributed by atoms with E-state index in [2.05, 4.69) is 9.71 Å². The molecule has 0 saturated heterocycles. The van der Waals surface area contributed by atoms with Gasteiger partial charge in [-0.2, -0.15) is 8.42 Å². The summed E-state index contributed by atoms with van der Waals surface area (Å²) in [5.41, 5.74) is 2.02. The van der Waals surface area contributed by atoms with Gasteiger partial charge in [0.05, 0.1) is 11.3 Å². The summed E-state index contributed by atoms with van der Waals surface area (Å²) in [6.07, 6.45) is 1.27. The molecule has 7 nitrogen and oxygen atoms in total. The van der Waals surface area contributed by atoms with Crippen LogP contribution < -0.4 is 10.2 Å². The van der Waals surface area contributed by atoms with Gasteiger partial charge in [-0.3, -0.25) is 9.10 Å². The van der Waals surface area contributed by atoms with E-state index >= 15 is 0 Å². The molecule has 1 heterocycles. The van der Waals surface area contributed by atoms with Crippen LogP contribution in [0.15, 0.2) is 40.4 Å². The van der Waals surface area contributed by atoms with Crippen molar-refractivity contribution in [2.45, 2.75) is 6.92 Å². The highest BCUT2D eigenvalue weighted by molar-refractivity contribution is 7.88. The molecular weight excluding hydrogens is 304 g/mol. The maximum atomic E-state index is 12.3. The molecule has 0 aliphatic carbocycles. The van der Waals surface area contributed by atoms with Crippen LogP contribution in [0.3, 0.4) is 0 Å². The van der Waals surface area contributed by atoms with Crippen molar-refractivity contribution in [3.05, 3.63) is 36.0 Å². The second-order valence-electron chi connectivity index (χ2n) is 5.11. The topological polar surface area (TPSA) is 82.1 Å². The molecule has 0 unspecified atom stereocenters. The zero-order chi connectivity index (χ0) is 16.5. The molecular formula is C14H18N4O3S. The molecule has 118 valence electrons. The summed E-state index contributed by atoms with van der Waals surface area (Å²) in [7, 11) is 1.49. The van der Waals surface area contributed by atoms with Crippen LogP contribution in [-0.4, -0.2) is 45.5 Å². The summed E-state index contributed by atoms with van der Waals surface area (Å²) in [5.74, 6) is -0.402. The van der Waals surface area contributed by atoms with Crippen LogP contribution in [0.1, 0.15) is 6.92 Å². The van der Waals surface area contributed by atoms with Gasteiger partial charge in [0.2, 0.25) is 0 Å². The fourth-order valence-corrected chi connectivity index (χ4v) is 2.70. The van der Waals surface area contributed by atoms with E-state index in [9.17, 15) is 13.2 Å². The van der Waals surface area contributed by atoms with Crippen LogP contribution in [0.5, 0.6) is 0 Å². The molecule has 1 aliphatic heterocycles. The maximum absolute atomic E-state index is 12.3. The molecule has 8 heteroatoms. The first kappa shape index (κ1) is 16.0. The van der Waals surface area contributed by atoms with Gasteiger partial charge in [-0.1, -0.05) is 0 Å². The maximum Gasteiger partial charge on any atom is 0.344 e. The number of carbonyl (C=O) groups is 1. The standard InChI is InChI=1S/C14H18N4O3S/c1-10-13(9-18(4)22(20,21)16-10)14(19)15-11-5-7-12(8-6-11)17(2)3/h5-9H,1-4H3,(H,15,19). The van der Waals surface area contributed by atoms with Crippen LogP contribution in [0.25, 0.3) is 0 Å². The number of hydrogen-bond acceptors (Lipinski definition) is 4. The number of nitrogens with one attached hydrogen (secondary N) is 1. The first-order valence-electron chi connectivity index (χ1n) is 6.56. The van der Waals surface area contributed by atoms with Crippen LogP contribution in [0, 0.1) is 0 Å². The molecule has 2 rings (SSSR count). The Morgan fingerprint density at radius 2 is 1.82 bits per heavy atom.